The van der Waals surface area contributed by atoms with Crippen molar-refractivity contribution in [3.8, 4) is 0 Å². The lowest BCUT2D eigenvalue weighted by atomic mass is 9.96. The molecule has 2 N–H and O–H groups in total. The van der Waals surface area contributed by atoms with Crippen molar-refractivity contribution in [1.29, 1.82) is 0 Å². The van der Waals surface area contributed by atoms with Crippen molar-refractivity contribution in [2.45, 2.75) is 25.9 Å². The number of benzene rings is 3. The maximum Gasteiger partial charge on any atom is 0.253 e. The van der Waals surface area contributed by atoms with Crippen LogP contribution in [0.1, 0.15) is 41.4 Å². The number of amides is 2. The van der Waals surface area contributed by atoms with Gasteiger partial charge in [-0.1, -0.05) is 98.2 Å². The smallest absolute Gasteiger partial charge is 0.253 e. The van der Waals surface area contributed by atoms with E-state index in [9.17, 15) is 9.59 Å². The van der Waals surface area contributed by atoms with Gasteiger partial charge in [-0.2, -0.15) is 0 Å². The molecule has 0 aromatic heterocycles. The highest BCUT2D eigenvalue weighted by atomic mass is 35.5. The lowest BCUT2D eigenvalue weighted by Crippen LogP contribution is -2.50. The Morgan fingerprint density at radius 2 is 1.23 bits per heavy atom. The predicted molar refractivity (Wildman–Crippen MR) is 120 cm³/mol. The van der Waals surface area contributed by atoms with Crippen molar-refractivity contribution in [3.63, 3.8) is 0 Å². The zero-order valence-electron chi connectivity index (χ0n) is 17.0. The van der Waals surface area contributed by atoms with Crippen molar-refractivity contribution in [2.75, 3.05) is 0 Å². The van der Waals surface area contributed by atoms with E-state index in [2.05, 4.69) is 10.6 Å². The summed E-state index contributed by atoms with van der Waals surface area (Å²) < 4.78 is 0. The molecule has 0 aliphatic rings. The molecule has 0 aliphatic carbocycles. The Kier molecular flexibility index (Phi) is 7.26. The molecular weight excluding hydrogens is 396 g/mol. The van der Waals surface area contributed by atoms with Gasteiger partial charge >= 0.3 is 0 Å². The van der Waals surface area contributed by atoms with Gasteiger partial charge in [0.25, 0.3) is 5.91 Å². The molecule has 2 amide bonds. The van der Waals surface area contributed by atoms with Crippen LogP contribution in [0.5, 0.6) is 0 Å². The Labute approximate surface area is 182 Å². The van der Waals surface area contributed by atoms with Crippen LogP contribution >= 0.6 is 11.6 Å². The van der Waals surface area contributed by atoms with E-state index in [0.717, 1.165) is 11.1 Å². The molecule has 1 unspecified atom stereocenters. The van der Waals surface area contributed by atoms with Gasteiger partial charge in [0, 0.05) is 0 Å². The summed E-state index contributed by atoms with van der Waals surface area (Å²) in [7, 11) is 0. The van der Waals surface area contributed by atoms with E-state index in [1.54, 1.807) is 24.3 Å². The normalized spacial score (nSPS) is 11.9. The largest absolute Gasteiger partial charge is 0.343 e. The van der Waals surface area contributed by atoms with E-state index in [1.807, 2.05) is 74.5 Å². The fourth-order valence-corrected chi connectivity index (χ4v) is 3.50. The molecule has 0 bridgehead atoms. The molecule has 4 nitrogen and oxygen atoms in total. The maximum absolute atomic E-state index is 13.2. The zero-order valence-corrected chi connectivity index (χ0v) is 17.8. The quantitative estimate of drug-likeness (QED) is 0.565. The minimum absolute atomic E-state index is 0.108. The van der Waals surface area contributed by atoms with E-state index in [0.29, 0.717) is 10.6 Å². The minimum atomic E-state index is -0.705. The molecular formula is C25H25ClN2O2. The van der Waals surface area contributed by atoms with Crippen LogP contribution < -0.4 is 10.6 Å². The summed E-state index contributed by atoms with van der Waals surface area (Å²) in [4.78, 5) is 26.0. The van der Waals surface area contributed by atoms with Crippen LogP contribution in [0.4, 0.5) is 0 Å². The molecule has 0 aliphatic heterocycles. The molecule has 3 rings (SSSR count). The molecule has 30 heavy (non-hydrogen) atoms. The van der Waals surface area contributed by atoms with E-state index in [-0.39, 0.29) is 23.8 Å². The lowest BCUT2D eigenvalue weighted by Gasteiger charge is -2.26. The van der Waals surface area contributed by atoms with Gasteiger partial charge in [-0.15, -0.1) is 0 Å². The number of hydrogen-bond acceptors (Lipinski definition) is 2. The fraction of sp³-hybridized carbons (Fsp3) is 0.200. The summed E-state index contributed by atoms with van der Waals surface area (Å²) in [6, 6.07) is 25.3. The second kappa shape index (κ2) is 10.1. The highest BCUT2D eigenvalue weighted by Gasteiger charge is 2.28. The topological polar surface area (TPSA) is 58.2 Å². The van der Waals surface area contributed by atoms with Crippen molar-refractivity contribution in [2.24, 2.45) is 5.92 Å². The molecule has 0 saturated heterocycles. The summed E-state index contributed by atoms with van der Waals surface area (Å²) in [6.45, 7) is 3.80. The maximum atomic E-state index is 13.2. The van der Waals surface area contributed by atoms with Crippen molar-refractivity contribution >= 4 is 23.4 Å². The van der Waals surface area contributed by atoms with Gasteiger partial charge < -0.3 is 10.6 Å². The minimum Gasteiger partial charge on any atom is -0.343 e. The third kappa shape index (κ3) is 5.28. The second-order valence-corrected chi connectivity index (χ2v) is 7.85. The van der Waals surface area contributed by atoms with Gasteiger partial charge in [0.2, 0.25) is 5.91 Å². The van der Waals surface area contributed by atoms with Crippen LogP contribution in [0, 0.1) is 5.92 Å². The number of halogens is 1. The van der Waals surface area contributed by atoms with Crippen molar-refractivity contribution in [3.05, 3.63) is 107 Å². The molecule has 0 spiro atoms. The van der Waals surface area contributed by atoms with Gasteiger partial charge in [0.15, 0.2) is 0 Å². The molecule has 3 aromatic rings. The Morgan fingerprint density at radius 1 is 0.733 bits per heavy atom. The van der Waals surface area contributed by atoms with Gasteiger partial charge in [-0.25, -0.2) is 0 Å². The lowest BCUT2D eigenvalue weighted by molar-refractivity contribution is -0.124. The number of carbonyl (C=O) groups is 2. The first-order chi connectivity index (χ1) is 14.5. The molecule has 0 radical (unpaired) electrons. The van der Waals surface area contributed by atoms with Gasteiger partial charge in [0.05, 0.1) is 16.6 Å². The third-order valence-corrected chi connectivity index (χ3v) is 5.24. The van der Waals surface area contributed by atoms with E-state index in [4.69, 9.17) is 11.6 Å². The molecule has 0 saturated carbocycles. The van der Waals surface area contributed by atoms with Crippen LogP contribution in [0.3, 0.4) is 0 Å². The molecule has 1 atom stereocenters. The fourth-order valence-electron chi connectivity index (χ4n) is 3.28. The Hall–Kier alpha value is -3.11. The first-order valence-corrected chi connectivity index (χ1v) is 10.3. The molecule has 0 heterocycles. The summed E-state index contributed by atoms with van der Waals surface area (Å²) in [5.41, 5.74) is 2.29. The average molecular weight is 421 g/mol. The van der Waals surface area contributed by atoms with Crippen molar-refractivity contribution in [1.82, 2.24) is 10.6 Å². The summed E-state index contributed by atoms with van der Waals surface area (Å²) >= 11 is 6.14. The summed E-state index contributed by atoms with van der Waals surface area (Å²) in [5.74, 6) is -0.725. The van der Waals surface area contributed by atoms with Gasteiger partial charge in [-0.3, -0.25) is 9.59 Å². The van der Waals surface area contributed by atoms with E-state index in [1.165, 1.54) is 0 Å². The van der Waals surface area contributed by atoms with Crippen LogP contribution in [0.2, 0.25) is 5.02 Å². The standard InChI is InChI=1S/C25H25ClN2O2/c1-17(2)22(27-24(29)20-15-9-10-16-21(20)26)25(30)28-23(18-11-5-3-6-12-18)19-13-7-4-8-14-19/h3-17,22-23H,1-2H3,(H,27,29)(H,28,30). The van der Waals surface area contributed by atoms with Crippen LogP contribution in [0.25, 0.3) is 0 Å². The predicted octanol–water partition coefficient (Wildman–Crippen LogP) is 5.00. The molecule has 3 aromatic carbocycles. The van der Waals surface area contributed by atoms with Crippen molar-refractivity contribution < 1.29 is 9.59 Å². The molecule has 0 fully saturated rings. The van der Waals surface area contributed by atoms with E-state index < -0.39 is 6.04 Å². The number of carbonyl (C=O) groups excluding carboxylic acids is 2. The Morgan fingerprint density at radius 3 is 1.73 bits per heavy atom. The first-order valence-electron chi connectivity index (χ1n) is 9.93. The van der Waals surface area contributed by atoms with Crippen LogP contribution in [-0.4, -0.2) is 17.9 Å². The highest BCUT2D eigenvalue weighted by molar-refractivity contribution is 6.33. The van der Waals surface area contributed by atoms with E-state index >= 15 is 0 Å². The van der Waals surface area contributed by atoms with Gasteiger partial charge in [0.1, 0.15) is 6.04 Å². The number of nitrogens with one attached hydrogen (secondary N) is 2. The van der Waals surface area contributed by atoms with Gasteiger partial charge in [-0.05, 0) is 29.2 Å². The Bertz CT molecular complexity index is 951. The number of hydrogen-bond donors (Lipinski definition) is 2. The molecule has 154 valence electrons. The highest BCUT2D eigenvalue weighted by Crippen LogP contribution is 2.22. The molecule has 5 heteroatoms. The number of rotatable bonds is 7. The third-order valence-electron chi connectivity index (χ3n) is 4.91. The summed E-state index contributed by atoms with van der Waals surface area (Å²) in [6.07, 6.45) is 0. The summed E-state index contributed by atoms with van der Waals surface area (Å²) in [5, 5.41) is 6.31. The zero-order chi connectivity index (χ0) is 21.5. The average Bonchev–Trinajstić information content (AvgIpc) is 2.76. The SMILES string of the molecule is CC(C)C(NC(=O)c1ccccc1Cl)C(=O)NC(c1ccccc1)c1ccccc1. The monoisotopic (exact) mass is 420 g/mol. The first kappa shape index (κ1) is 21.6. The van der Waals surface area contributed by atoms with Crippen LogP contribution in [0.15, 0.2) is 84.9 Å². The second-order valence-electron chi connectivity index (χ2n) is 7.44. The van der Waals surface area contributed by atoms with Crippen LogP contribution in [-0.2, 0) is 4.79 Å². The Balaban J connectivity index is 1.83.